The number of para-hydroxylation sites is 5. The minimum absolute atomic E-state index is 1.08. The molecular weight excluding hydrogens is 771 g/mol. The van der Waals surface area contributed by atoms with Gasteiger partial charge in [0.25, 0.3) is 0 Å². The van der Waals surface area contributed by atoms with Crippen molar-refractivity contribution in [2.45, 2.75) is 0 Å². The lowest BCUT2D eigenvalue weighted by atomic mass is 9.93. The van der Waals surface area contributed by atoms with Crippen LogP contribution in [-0.2, 0) is 0 Å². The summed E-state index contributed by atoms with van der Waals surface area (Å²) in [4.78, 5) is 6.06. The van der Waals surface area contributed by atoms with Gasteiger partial charge in [0, 0.05) is 65.8 Å². The molecule has 0 unspecified atom stereocenters. The number of rotatable bonds is 7. The van der Waals surface area contributed by atoms with Gasteiger partial charge in [0.15, 0.2) is 0 Å². The minimum atomic E-state index is 1.08. The molecule has 0 fully saturated rings. The van der Waals surface area contributed by atoms with Gasteiger partial charge in [-0.1, -0.05) is 146 Å². The van der Waals surface area contributed by atoms with Crippen LogP contribution in [0.25, 0.3) is 80.2 Å². The van der Waals surface area contributed by atoms with E-state index in [1.54, 1.807) is 0 Å². The third-order valence-electron chi connectivity index (χ3n) is 12.6. The summed E-state index contributed by atoms with van der Waals surface area (Å²) in [6.07, 6.45) is 0. The summed E-state index contributed by atoms with van der Waals surface area (Å²) in [5, 5.41) is 11.7. The van der Waals surface area contributed by atoms with Gasteiger partial charge in [-0.05, 0) is 112 Å². The second kappa shape index (κ2) is 13.8. The topological polar surface area (TPSA) is 10.9 Å². The normalized spacial score (nSPS) is 11.9. The lowest BCUT2D eigenvalue weighted by molar-refractivity contribution is 1.25. The zero-order valence-corrected chi connectivity index (χ0v) is 34.4. The number of aromatic nitrogens is 1. The lowest BCUT2D eigenvalue weighted by Crippen LogP contribution is -2.13. The van der Waals surface area contributed by atoms with Crippen LogP contribution >= 0.6 is 11.3 Å². The van der Waals surface area contributed by atoms with Crippen LogP contribution in [0, 0.1) is 0 Å². The van der Waals surface area contributed by atoms with Gasteiger partial charge in [-0.3, -0.25) is 4.40 Å². The first-order valence-corrected chi connectivity index (χ1v) is 22.0. The summed E-state index contributed by atoms with van der Waals surface area (Å²) in [6.45, 7) is 0. The van der Waals surface area contributed by atoms with Crippen molar-refractivity contribution < 1.29 is 0 Å². The summed E-state index contributed by atoms with van der Waals surface area (Å²) in [5.41, 5.74) is 11.5. The molecular formula is C58H37N3S. The fourth-order valence-corrected chi connectivity index (χ4v) is 11.4. The maximum Gasteiger partial charge on any atom is 0.109 e. The van der Waals surface area contributed by atoms with E-state index in [-0.39, 0.29) is 0 Å². The summed E-state index contributed by atoms with van der Waals surface area (Å²) < 4.78 is 3.83. The zero-order chi connectivity index (χ0) is 40.7. The Bertz CT molecular complexity index is 3620. The van der Waals surface area contributed by atoms with Crippen LogP contribution in [0.3, 0.4) is 0 Å². The molecule has 0 saturated carbocycles. The second-order valence-electron chi connectivity index (χ2n) is 16.1. The van der Waals surface area contributed by atoms with Crippen LogP contribution in [0.5, 0.6) is 0 Å². The van der Waals surface area contributed by atoms with E-state index in [9.17, 15) is 0 Å². The molecule has 62 heavy (non-hydrogen) atoms. The molecule has 3 heterocycles. The Labute approximate surface area is 362 Å². The Morgan fingerprint density at radius 2 is 0.823 bits per heavy atom. The van der Waals surface area contributed by atoms with Crippen molar-refractivity contribution in [1.29, 1.82) is 0 Å². The van der Waals surface area contributed by atoms with E-state index in [0.29, 0.717) is 0 Å². The van der Waals surface area contributed by atoms with E-state index in [2.05, 4.69) is 239 Å². The van der Waals surface area contributed by atoms with Crippen molar-refractivity contribution in [2.75, 3.05) is 9.80 Å². The summed E-state index contributed by atoms with van der Waals surface area (Å²) in [7, 11) is 0. The number of anilines is 6. The predicted octanol–water partition coefficient (Wildman–Crippen LogP) is 17.0. The van der Waals surface area contributed by atoms with Gasteiger partial charge in [-0.25, -0.2) is 0 Å². The first-order chi connectivity index (χ1) is 30.8. The molecule has 0 atom stereocenters. The second-order valence-corrected chi connectivity index (χ2v) is 17.1. The quantitative estimate of drug-likeness (QED) is 0.159. The molecule has 3 nitrogen and oxygen atoms in total. The number of thiophene rings is 1. The number of nitrogens with zero attached hydrogens (tertiary/aromatic N) is 3. The highest BCUT2D eigenvalue weighted by atomic mass is 32.1. The molecule has 13 rings (SSSR count). The highest BCUT2D eigenvalue weighted by Crippen LogP contribution is 2.51. The highest BCUT2D eigenvalue weighted by molar-refractivity contribution is 7.26. The summed E-state index contributed by atoms with van der Waals surface area (Å²) >= 11 is 1.92. The van der Waals surface area contributed by atoms with E-state index < -0.39 is 0 Å². The van der Waals surface area contributed by atoms with Gasteiger partial charge in [0.2, 0.25) is 0 Å². The summed E-state index contributed by atoms with van der Waals surface area (Å²) in [5.74, 6) is 0. The molecule has 0 spiro atoms. The third-order valence-corrected chi connectivity index (χ3v) is 13.7. The van der Waals surface area contributed by atoms with Crippen molar-refractivity contribution in [2.24, 2.45) is 0 Å². The SMILES string of the molecule is c1ccc(N(c2ccccc2)c2cc(-c3cc4sc5c(c6cccc7c8c9ccccc9ccc8n5c76)c4c4ccccc34)cc(N(c3ccccc3)c3ccccc3)c2)cc1. The molecule has 3 aromatic heterocycles. The van der Waals surface area contributed by atoms with Crippen LogP contribution in [0.1, 0.15) is 0 Å². The van der Waals surface area contributed by atoms with E-state index >= 15 is 0 Å². The number of hydrogen-bond acceptors (Lipinski definition) is 3. The van der Waals surface area contributed by atoms with Crippen molar-refractivity contribution in [3.8, 4) is 11.1 Å². The van der Waals surface area contributed by atoms with Crippen LogP contribution in [0.2, 0.25) is 0 Å². The Hall–Kier alpha value is -7.92. The highest BCUT2D eigenvalue weighted by Gasteiger charge is 2.25. The van der Waals surface area contributed by atoms with Crippen molar-refractivity contribution in [3.63, 3.8) is 0 Å². The van der Waals surface area contributed by atoms with E-state index in [1.165, 1.54) is 74.6 Å². The molecule has 0 amide bonds. The Morgan fingerprint density at radius 1 is 0.339 bits per heavy atom. The molecule has 13 aromatic rings. The van der Waals surface area contributed by atoms with Gasteiger partial charge in [-0.2, -0.15) is 0 Å². The molecule has 0 saturated heterocycles. The van der Waals surface area contributed by atoms with Crippen LogP contribution in [0.15, 0.2) is 224 Å². The molecule has 0 aliphatic carbocycles. The molecule has 10 aromatic carbocycles. The molecule has 4 heteroatoms. The maximum atomic E-state index is 2.55. The fourth-order valence-electron chi connectivity index (χ4n) is 10.1. The van der Waals surface area contributed by atoms with Gasteiger partial charge in [0.05, 0.1) is 11.0 Å². The van der Waals surface area contributed by atoms with Crippen LogP contribution in [0.4, 0.5) is 34.1 Å². The number of fused-ring (bicyclic) bond motifs is 12. The van der Waals surface area contributed by atoms with Crippen LogP contribution in [-0.4, -0.2) is 4.40 Å². The molecule has 0 aliphatic heterocycles. The van der Waals surface area contributed by atoms with Gasteiger partial charge < -0.3 is 9.80 Å². The van der Waals surface area contributed by atoms with Crippen molar-refractivity contribution in [1.82, 2.24) is 4.40 Å². The van der Waals surface area contributed by atoms with Crippen LogP contribution < -0.4 is 9.80 Å². The first kappa shape index (κ1) is 34.9. The van der Waals surface area contributed by atoms with E-state index in [0.717, 1.165) is 39.7 Å². The zero-order valence-electron chi connectivity index (χ0n) is 33.6. The van der Waals surface area contributed by atoms with Gasteiger partial charge in [-0.15, -0.1) is 11.3 Å². The number of benzene rings is 10. The first-order valence-electron chi connectivity index (χ1n) is 21.2. The summed E-state index contributed by atoms with van der Waals surface area (Å²) in [6, 6.07) is 81.8. The molecule has 0 radical (unpaired) electrons. The lowest BCUT2D eigenvalue weighted by Gasteiger charge is -2.30. The fraction of sp³-hybridized carbons (Fsp3) is 0. The molecule has 0 bridgehead atoms. The number of hydrogen-bond donors (Lipinski definition) is 0. The minimum Gasteiger partial charge on any atom is -0.310 e. The Morgan fingerprint density at radius 3 is 1.40 bits per heavy atom. The van der Waals surface area contributed by atoms with Crippen molar-refractivity contribution in [3.05, 3.63) is 224 Å². The monoisotopic (exact) mass is 807 g/mol. The van der Waals surface area contributed by atoms with Crippen molar-refractivity contribution >= 4 is 115 Å². The smallest absolute Gasteiger partial charge is 0.109 e. The molecule has 0 aliphatic rings. The standard InChI is InChI=1S/C58H37N3S/c1-5-19-40(20-6-1)59(41-21-7-2-8-22-41)44-34-39(35-45(36-44)60(42-23-9-3-10-24-42)43-25-11-4-12-26-43)51-37-53-55(48-29-16-15-28-47(48)51)56-50-31-17-30-49-54-46-27-14-13-18-38(46)32-33-52(54)61(57(49)50)58(56)62-53/h1-37H. The maximum absolute atomic E-state index is 2.55. The third kappa shape index (κ3) is 5.24. The molecule has 290 valence electrons. The Balaban J connectivity index is 1.12. The Kier molecular flexibility index (Phi) is 7.78. The van der Waals surface area contributed by atoms with Gasteiger partial charge in [0.1, 0.15) is 4.83 Å². The predicted molar refractivity (Wildman–Crippen MR) is 266 cm³/mol. The average Bonchev–Trinajstić information content (AvgIpc) is 3.99. The van der Waals surface area contributed by atoms with E-state index in [4.69, 9.17) is 0 Å². The van der Waals surface area contributed by atoms with Gasteiger partial charge >= 0.3 is 0 Å². The molecule has 0 N–H and O–H groups in total. The largest absolute Gasteiger partial charge is 0.310 e. The van der Waals surface area contributed by atoms with E-state index in [1.807, 2.05) is 11.3 Å². The average molecular weight is 808 g/mol.